The molecule has 1 atom stereocenters. The van der Waals surface area contributed by atoms with Crippen LogP contribution in [0, 0.1) is 0 Å². The molecule has 0 spiro atoms. The number of nitrogens with zero attached hydrogens (tertiary/aromatic N) is 3. The first-order chi connectivity index (χ1) is 16.4. The largest absolute Gasteiger partial charge is 0.493 e. The molecule has 0 unspecified atom stereocenters. The fraction of sp³-hybridized carbons (Fsp3) is 0.360. The summed E-state index contributed by atoms with van der Waals surface area (Å²) in [6.45, 7) is 2.45. The molecule has 178 valence electrons. The maximum absolute atomic E-state index is 12.8. The number of anilines is 1. The molecule has 2 heterocycles. The molecule has 3 aromatic rings. The number of methoxy groups -OCH3 is 2. The Morgan fingerprint density at radius 2 is 1.85 bits per heavy atom. The van der Waals surface area contributed by atoms with E-state index in [1.165, 1.54) is 25.1 Å². The van der Waals surface area contributed by atoms with E-state index in [-0.39, 0.29) is 24.4 Å². The Labute approximate surface area is 196 Å². The first-order valence-electron chi connectivity index (χ1n) is 11.1. The number of aromatic nitrogens is 2. The third kappa shape index (κ3) is 4.59. The van der Waals surface area contributed by atoms with Crippen molar-refractivity contribution in [2.45, 2.75) is 38.8 Å². The zero-order chi connectivity index (χ0) is 24.2. The second kappa shape index (κ2) is 9.94. The van der Waals surface area contributed by atoms with Crippen molar-refractivity contribution in [3.05, 3.63) is 58.6 Å². The summed E-state index contributed by atoms with van der Waals surface area (Å²) < 4.78 is 17.3. The standard InChI is InChI=1S/C25H27N3O6/c1-16(24(30)28-12-10-17-7-4-5-8-20(17)28)34-23(29)9-6-11-27-15-26-19-14-22(33-3)21(32-2)13-18(19)25(27)31/h4-5,7-8,13-16H,6,9-12H2,1-3H3/t16-/m0/s1. The molecule has 1 aromatic heterocycles. The molecule has 0 radical (unpaired) electrons. The fourth-order valence-electron chi connectivity index (χ4n) is 4.13. The number of esters is 1. The number of fused-ring (bicyclic) bond motifs is 2. The van der Waals surface area contributed by atoms with Gasteiger partial charge in [0.05, 0.1) is 31.4 Å². The van der Waals surface area contributed by atoms with Gasteiger partial charge < -0.3 is 19.1 Å². The van der Waals surface area contributed by atoms with Crippen molar-refractivity contribution in [1.82, 2.24) is 9.55 Å². The molecule has 0 N–H and O–H groups in total. The molecule has 0 aliphatic carbocycles. The number of aryl methyl sites for hydroxylation is 1. The second-order valence-electron chi connectivity index (χ2n) is 8.07. The molecule has 0 bridgehead atoms. The number of amides is 1. The summed E-state index contributed by atoms with van der Waals surface area (Å²) >= 11 is 0. The molecule has 9 heteroatoms. The smallest absolute Gasteiger partial charge is 0.306 e. The Balaban J connectivity index is 1.34. The minimum absolute atomic E-state index is 0.0740. The minimum atomic E-state index is -0.883. The Hall–Kier alpha value is -3.88. The quantitative estimate of drug-likeness (QED) is 0.472. The lowest BCUT2D eigenvalue weighted by molar-refractivity contribution is -0.154. The first kappa shape index (κ1) is 23.3. The van der Waals surface area contributed by atoms with E-state index in [0.717, 1.165) is 17.7 Å². The zero-order valence-electron chi connectivity index (χ0n) is 19.4. The van der Waals surface area contributed by atoms with Crippen molar-refractivity contribution in [3.8, 4) is 11.5 Å². The molecule has 34 heavy (non-hydrogen) atoms. The average Bonchev–Trinajstić information content (AvgIpc) is 3.28. The van der Waals surface area contributed by atoms with Crippen molar-refractivity contribution in [1.29, 1.82) is 0 Å². The monoisotopic (exact) mass is 465 g/mol. The van der Waals surface area contributed by atoms with Gasteiger partial charge in [0.25, 0.3) is 11.5 Å². The number of carbonyl (C=O) groups excluding carboxylic acids is 2. The lowest BCUT2D eigenvalue weighted by atomic mass is 10.2. The van der Waals surface area contributed by atoms with Crippen LogP contribution in [-0.4, -0.2) is 48.3 Å². The fourth-order valence-corrected chi connectivity index (χ4v) is 4.13. The Morgan fingerprint density at radius 3 is 2.62 bits per heavy atom. The van der Waals surface area contributed by atoms with Crippen molar-refractivity contribution in [2.75, 3.05) is 25.7 Å². The van der Waals surface area contributed by atoms with E-state index in [2.05, 4.69) is 4.98 Å². The molecule has 1 amide bonds. The number of benzene rings is 2. The topological polar surface area (TPSA) is 100.0 Å². The number of para-hydroxylation sites is 1. The third-order valence-electron chi connectivity index (χ3n) is 5.92. The molecule has 1 aliphatic rings. The predicted molar refractivity (Wildman–Crippen MR) is 126 cm³/mol. The van der Waals surface area contributed by atoms with Gasteiger partial charge in [-0.3, -0.25) is 19.0 Å². The van der Waals surface area contributed by atoms with Crippen LogP contribution in [0.3, 0.4) is 0 Å². The van der Waals surface area contributed by atoms with Gasteiger partial charge in [-0.05, 0) is 37.5 Å². The van der Waals surface area contributed by atoms with Crippen LogP contribution in [0.4, 0.5) is 5.69 Å². The Kier molecular flexibility index (Phi) is 6.81. The first-order valence-corrected chi connectivity index (χ1v) is 11.1. The molecule has 1 aliphatic heterocycles. The van der Waals surface area contributed by atoms with E-state index >= 15 is 0 Å². The van der Waals surface area contributed by atoms with Gasteiger partial charge in [0.2, 0.25) is 0 Å². The van der Waals surface area contributed by atoms with Crippen molar-refractivity contribution < 1.29 is 23.8 Å². The molecule has 0 fully saturated rings. The summed E-state index contributed by atoms with van der Waals surface area (Å²) in [5.41, 5.74) is 2.23. The highest BCUT2D eigenvalue weighted by Crippen LogP contribution is 2.30. The molecule has 9 nitrogen and oxygen atoms in total. The van der Waals surface area contributed by atoms with Crippen LogP contribution in [0.1, 0.15) is 25.3 Å². The summed E-state index contributed by atoms with van der Waals surface area (Å²) in [6, 6.07) is 11.0. The maximum atomic E-state index is 12.8. The van der Waals surface area contributed by atoms with Gasteiger partial charge in [-0.15, -0.1) is 0 Å². The number of ether oxygens (including phenoxy) is 3. The van der Waals surface area contributed by atoms with Gasteiger partial charge in [0, 0.05) is 31.3 Å². The molecule has 4 rings (SSSR count). The number of carbonyl (C=O) groups is 2. The van der Waals surface area contributed by atoms with Crippen molar-refractivity contribution in [3.63, 3.8) is 0 Å². The summed E-state index contributed by atoms with van der Waals surface area (Å²) in [5.74, 6) is 0.206. The van der Waals surface area contributed by atoms with Crippen LogP contribution in [0.2, 0.25) is 0 Å². The summed E-state index contributed by atoms with van der Waals surface area (Å²) in [4.78, 5) is 43.9. The van der Waals surface area contributed by atoms with Gasteiger partial charge in [0.1, 0.15) is 0 Å². The van der Waals surface area contributed by atoms with E-state index in [4.69, 9.17) is 14.2 Å². The molecule has 0 saturated heterocycles. The minimum Gasteiger partial charge on any atom is -0.493 e. The third-order valence-corrected chi connectivity index (χ3v) is 5.92. The molecular formula is C25H27N3O6. The van der Waals surface area contributed by atoms with Crippen molar-refractivity contribution in [2.24, 2.45) is 0 Å². The highest BCUT2D eigenvalue weighted by molar-refractivity contribution is 5.99. The zero-order valence-corrected chi connectivity index (χ0v) is 19.4. The van der Waals surface area contributed by atoms with Crippen LogP contribution >= 0.6 is 0 Å². The SMILES string of the molecule is COc1cc2ncn(CCCC(=O)O[C@@H](C)C(=O)N3CCc4ccccc43)c(=O)c2cc1OC. The summed E-state index contributed by atoms with van der Waals surface area (Å²) in [5, 5.41) is 0.396. The van der Waals surface area contributed by atoms with E-state index in [9.17, 15) is 14.4 Å². The van der Waals surface area contributed by atoms with E-state index in [1.54, 1.807) is 24.0 Å². The van der Waals surface area contributed by atoms with Crippen LogP contribution < -0.4 is 19.9 Å². The number of rotatable bonds is 8. The average molecular weight is 466 g/mol. The molecular weight excluding hydrogens is 438 g/mol. The van der Waals surface area contributed by atoms with Gasteiger partial charge in [0.15, 0.2) is 17.6 Å². The summed E-state index contributed by atoms with van der Waals surface area (Å²) in [6.07, 6.45) is 1.79. The van der Waals surface area contributed by atoms with Gasteiger partial charge >= 0.3 is 5.97 Å². The highest BCUT2D eigenvalue weighted by atomic mass is 16.5. The Bertz CT molecular complexity index is 1290. The predicted octanol–water partition coefficient (Wildman–Crippen LogP) is 2.71. The molecule has 0 saturated carbocycles. The normalized spacial score (nSPS) is 13.4. The van der Waals surface area contributed by atoms with E-state index in [1.807, 2.05) is 24.3 Å². The lowest BCUT2D eigenvalue weighted by Crippen LogP contribution is -2.39. The van der Waals surface area contributed by atoms with Gasteiger partial charge in [-0.1, -0.05) is 18.2 Å². The van der Waals surface area contributed by atoms with Gasteiger partial charge in [-0.25, -0.2) is 4.98 Å². The number of hydrogen-bond donors (Lipinski definition) is 0. The highest BCUT2D eigenvalue weighted by Gasteiger charge is 2.29. The summed E-state index contributed by atoms with van der Waals surface area (Å²) in [7, 11) is 3.01. The molecule has 2 aromatic carbocycles. The van der Waals surface area contributed by atoms with E-state index in [0.29, 0.717) is 35.4 Å². The lowest BCUT2D eigenvalue weighted by Gasteiger charge is -2.21. The van der Waals surface area contributed by atoms with Crippen LogP contribution in [-0.2, 0) is 27.3 Å². The van der Waals surface area contributed by atoms with E-state index < -0.39 is 12.1 Å². The van der Waals surface area contributed by atoms with Crippen LogP contribution in [0.5, 0.6) is 11.5 Å². The van der Waals surface area contributed by atoms with Crippen LogP contribution in [0.25, 0.3) is 10.9 Å². The Morgan fingerprint density at radius 1 is 1.12 bits per heavy atom. The second-order valence-corrected chi connectivity index (χ2v) is 8.07. The van der Waals surface area contributed by atoms with Crippen LogP contribution in [0.15, 0.2) is 47.5 Å². The van der Waals surface area contributed by atoms with Gasteiger partial charge in [-0.2, -0.15) is 0 Å². The van der Waals surface area contributed by atoms with Crippen molar-refractivity contribution >= 4 is 28.5 Å². The maximum Gasteiger partial charge on any atom is 0.306 e. The number of hydrogen-bond acceptors (Lipinski definition) is 7.